The average molecular weight is 467 g/mol. The largest absolute Gasteiger partial charge is 0.487 e. The molecule has 32 heavy (non-hydrogen) atoms. The van der Waals surface area contributed by atoms with Gasteiger partial charge in [-0.05, 0) is 62.7 Å². The normalized spacial score (nSPS) is 13.0. The fourth-order valence-corrected chi connectivity index (χ4v) is 3.06. The molecule has 1 atom stereocenters. The first kappa shape index (κ1) is 23.6. The Labute approximate surface area is 188 Å². The zero-order valence-corrected chi connectivity index (χ0v) is 18.4. The Kier molecular flexibility index (Phi) is 6.78. The van der Waals surface area contributed by atoms with E-state index in [1.54, 1.807) is 51.2 Å². The summed E-state index contributed by atoms with van der Waals surface area (Å²) < 4.78 is 45.4. The van der Waals surface area contributed by atoms with Gasteiger partial charge in [0.05, 0.1) is 17.3 Å². The highest BCUT2D eigenvalue weighted by Crippen LogP contribution is 2.31. The predicted octanol–water partition coefficient (Wildman–Crippen LogP) is 5.14. The van der Waals surface area contributed by atoms with Crippen LogP contribution in [0.4, 0.5) is 13.2 Å². The molecule has 3 rings (SSSR count). The van der Waals surface area contributed by atoms with E-state index in [-0.39, 0.29) is 12.5 Å². The van der Waals surface area contributed by atoms with Crippen LogP contribution in [0, 0.1) is 0 Å². The van der Waals surface area contributed by atoms with Crippen LogP contribution in [-0.2, 0) is 23.1 Å². The van der Waals surface area contributed by atoms with Gasteiger partial charge in [-0.2, -0.15) is 13.2 Å². The summed E-state index contributed by atoms with van der Waals surface area (Å²) in [5, 5.41) is 11.4. The molecule has 1 N–H and O–H groups in total. The zero-order valence-electron chi connectivity index (χ0n) is 17.7. The second kappa shape index (κ2) is 9.20. The maximum Gasteiger partial charge on any atom is 0.416 e. The topological polar surface area (TPSA) is 69.0 Å². The Hall–Kier alpha value is -3.07. The minimum absolute atomic E-state index is 0.160. The number of aromatic nitrogens is 3. The number of amides is 1. The molecule has 1 unspecified atom stereocenters. The van der Waals surface area contributed by atoms with E-state index >= 15 is 0 Å². The van der Waals surface area contributed by atoms with Crippen molar-refractivity contribution < 1.29 is 22.7 Å². The Morgan fingerprint density at radius 1 is 1.09 bits per heavy atom. The van der Waals surface area contributed by atoms with Gasteiger partial charge in [0, 0.05) is 5.02 Å². The highest BCUT2D eigenvalue weighted by molar-refractivity contribution is 6.30. The summed E-state index contributed by atoms with van der Waals surface area (Å²) in [5.74, 6) is 0.262. The van der Waals surface area contributed by atoms with Crippen LogP contribution < -0.4 is 10.1 Å². The van der Waals surface area contributed by atoms with Gasteiger partial charge in [-0.15, -0.1) is 5.10 Å². The van der Waals surface area contributed by atoms with Crippen molar-refractivity contribution in [1.82, 2.24) is 20.3 Å². The van der Waals surface area contributed by atoms with Crippen LogP contribution in [0.15, 0.2) is 54.7 Å². The highest BCUT2D eigenvalue weighted by atomic mass is 35.5. The lowest BCUT2D eigenvalue weighted by Crippen LogP contribution is -2.44. The van der Waals surface area contributed by atoms with Crippen molar-refractivity contribution in [2.75, 3.05) is 0 Å². The molecular formula is C22H22ClF3N4O2. The third-order valence-electron chi connectivity index (χ3n) is 4.90. The molecule has 1 aromatic heterocycles. The first-order valence-corrected chi connectivity index (χ1v) is 10.1. The van der Waals surface area contributed by atoms with E-state index in [1.807, 2.05) is 0 Å². The Morgan fingerprint density at radius 3 is 2.28 bits per heavy atom. The number of alkyl halides is 3. The molecule has 3 aromatic rings. The van der Waals surface area contributed by atoms with Crippen LogP contribution in [-0.4, -0.2) is 20.9 Å². The quantitative estimate of drug-likeness (QED) is 0.523. The molecule has 0 radical (unpaired) electrons. The van der Waals surface area contributed by atoms with Crippen LogP contribution in [0.1, 0.15) is 43.6 Å². The van der Waals surface area contributed by atoms with Crippen LogP contribution in [0.3, 0.4) is 0 Å². The number of benzene rings is 2. The molecule has 0 spiro atoms. The third-order valence-corrected chi connectivity index (χ3v) is 5.16. The van der Waals surface area contributed by atoms with Gasteiger partial charge in [0.25, 0.3) is 0 Å². The van der Waals surface area contributed by atoms with E-state index in [2.05, 4.69) is 15.6 Å². The molecular weight excluding hydrogens is 445 g/mol. The molecule has 10 heteroatoms. The molecule has 0 fully saturated rings. The van der Waals surface area contributed by atoms with E-state index in [0.717, 1.165) is 12.1 Å². The van der Waals surface area contributed by atoms with Crippen LogP contribution in [0.2, 0.25) is 5.02 Å². The standard InChI is InChI=1S/C22H22ClF3N4O2/c1-14(30-12-18(28-29-30)13-32-19-10-8-17(23)9-11-19)20(31)27-21(2,3)15-4-6-16(7-5-15)22(24,25)26/h4-12,14H,13H2,1-3H3,(H,27,31). The lowest BCUT2D eigenvalue weighted by Gasteiger charge is -2.28. The maximum atomic E-state index is 12.8. The van der Waals surface area contributed by atoms with E-state index in [0.29, 0.717) is 22.0 Å². The molecule has 0 bridgehead atoms. The SMILES string of the molecule is CC(C(=O)NC(C)(C)c1ccc(C(F)(F)F)cc1)n1cc(COc2ccc(Cl)cc2)nn1. The van der Waals surface area contributed by atoms with E-state index in [9.17, 15) is 18.0 Å². The van der Waals surface area contributed by atoms with Crippen molar-refractivity contribution >= 4 is 17.5 Å². The monoisotopic (exact) mass is 466 g/mol. The Balaban J connectivity index is 1.61. The number of ether oxygens (including phenoxy) is 1. The van der Waals surface area contributed by atoms with Gasteiger partial charge in [-0.3, -0.25) is 4.79 Å². The van der Waals surface area contributed by atoms with Crippen molar-refractivity contribution in [3.63, 3.8) is 0 Å². The Bertz CT molecular complexity index is 1060. The van der Waals surface area contributed by atoms with Gasteiger partial charge in [-0.25, -0.2) is 4.68 Å². The zero-order chi connectivity index (χ0) is 23.5. The molecule has 0 saturated carbocycles. The van der Waals surface area contributed by atoms with E-state index in [4.69, 9.17) is 16.3 Å². The number of hydrogen-bond acceptors (Lipinski definition) is 4. The number of nitrogens with zero attached hydrogens (tertiary/aromatic N) is 3. The van der Waals surface area contributed by atoms with E-state index in [1.165, 1.54) is 16.8 Å². The van der Waals surface area contributed by atoms with Gasteiger partial charge >= 0.3 is 6.18 Å². The van der Waals surface area contributed by atoms with Crippen molar-refractivity contribution in [2.45, 2.75) is 45.1 Å². The van der Waals surface area contributed by atoms with Crippen LogP contribution >= 0.6 is 11.6 Å². The number of carbonyl (C=O) groups is 1. The van der Waals surface area contributed by atoms with Gasteiger partial charge < -0.3 is 10.1 Å². The highest BCUT2D eigenvalue weighted by Gasteiger charge is 2.32. The summed E-state index contributed by atoms with van der Waals surface area (Å²) in [7, 11) is 0. The number of hydrogen-bond donors (Lipinski definition) is 1. The summed E-state index contributed by atoms with van der Waals surface area (Å²) in [6.07, 6.45) is -2.81. The van der Waals surface area contributed by atoms with E-state index < -0.39 is 23.3 Å². The molecule has 170 valence electrons. The average Bonchev–Trinajstić information content (AvgIpc) is 3.21. The molecule has 1 heterocycles. The first-order valence-electron chi connectivity index (χ1n) is 9.74. The van der Waals surface area contributed by atoms with Gasteiger partial charge in [0.1, 0.15) is 24.1 Å². The third kappa shape index (κ3) is 5.79. The molecule has 0 saturated heterocycles. The van der Waals surface area contributed by atoms with Crippen molar-refractivity contribution in [3.05, 3.63) is 76.6 Å². The number of halogens is 4. The molecule has 6 nitrogen and oxygen atoms in total. The maximum absolute atomic E-state index is 12.8. The molecule has 2 aromatic carbocycles. The lowest BCUT2D eigenvalue weighted by molar-refractivity contribution is -0.137. The summed E-state index contributed by atoms with van der Waals surface area (Å²) in [6, 6.07) is 10.9. The van der Waals surface area contributed by atoms with Crippen LogP contribution in [0.25, 0.3) is 0 Å². The van der Waals surface area contributed by atoms with Crippen molar-refractivity contribution in [2.24, 2.45) is 0 Å². The first-order chi connectivity index (χ1) is 15.0. The Morgan fingerprint density at radius 2 is 1.69 bits per heavy atom. The predicted molar refractivity (Wildman–Crippen MR) is 113 cm³/mol. The molecule has 0 aliphatic heterocycles. The van der Waals surface area contributed by atoms with Gasteiger partial charge in [0.2, 0.25) is 5.91 Å². The van der Waals surface area contributed by atoms with Gasteiger partial charge in [-0.1, -0.05) is 28.9 Å². The van der Waals surface area contributed by atoms with Crippen LogP contribution in [0.5, 0.6) is 5.75 Å². The number of nitrogens with one attached hydrogen (secondary N) is 1. The smallest absolute Gasteiger partial charge is 0.416 e. The second-order valence-corrected chi connectivity index (χ2v) is 8.23. The minimum atomic E-state index is -4.41. The molecule has 0 aliphatic rings. The molecule has 0 aliphatic carbocycles. The fraction of sp³-hybridized carbons (Fsp3) is 0.318. The fourth-order valence-electron chi connectivity index (χ4n) is 2.94. The lowest BCUT2D eigenvalue weighted by atomic mass is 9.93. The van der Waals surface area contributed by atoms with Crippen molar-refractivity contribution in [1.29, 1.82) is 0 Å². The summed E-state index contributed by atoms with van der Waals surface area (Å²) in [4.78, 5) is 12.8. The summed E-state index contributed by atoms with van der Waals surface area (Å²) in [5.41, 5.74) is -0.563. The molecule has 1 amide bonds. The van der Waals surface area contributed by atoms with Crippen molar-refractivity contribution in [3.8, 4) is 5.75 Å². The second-order valence-electron chi connectivity index (χ2n) is 7.80. The summed E-state index contributed by atoms with van der Waals surface area (Å²) >= 11 is 5.84. The number of rotatable bonds is 7. The minimum Gasteiger partial charge on any atom is -0.487 e. The summed E-state index contributed by atoms with van der Waals surface area (Å²) in [6.45, 7) is 5.24. The van der Waals surface area contributed by atoms with Gasteiger partial charge in [0.15, 0.2) is 0 Å². The number of carbonyl (C=O) groups excluding carboxylic acids is 1.